The Labute approximate surface area is 124 Å². The quantitative estimate of drug-likeness (QED) is 0.867. The van der Waals surface area contributed by atoms with E-state index in [0.29, 0.717) is 17.3 Å². The maximum Gasteiger partial charge on any atom is 0.319 e. The molecule has 1 atom stereocenters. The van der Waals surface area contributed by atoms with Crippen LogP contribution >= 0.6 is 11.6 Å². The number of benzene rings is 2. The fraction of sp³-hybridized carbons (Fsp3) is 0.188. The summed E-state index contributed by atoms with van der Waals surface area (Å²) in [6, 6.07) is 17.0. The highest BCUT2D eigenvalue weighted by Gasteiger charge is 2.08. The molecule has 0 bridgehead atoms. The number of hydrogen-bond acceptors (Lipinski definition) is 1. The normalized spacial score (nSPS) is 11.7. The summed E-state index contributed by atoms with van der Waals surface area (Å²) in [5.74, 6) is 0.258. The number of halogens is 1. The van der Waals surface area contributed by atoms with E-state index < -0.39 is 0 Å². The van der Waals surface area contributed by atoms with Crippen LogP contribution in [0.5, 0.6) is 0 Å². The van der Waals surface area contributed by atoms with Crippen molar-refractivity contribution in [3.8, 4) is 0 Å². The standard InChI is InChI=1S/C16H17ClN2O/c1-12(13-7-3-2-4-8-13)11-18-16(20)19-15-10-6-5-9-14(15)17/h2-10,12H,11H2,1H3,(H2,18,19,20)/t12-/m1/s1. The summed E-state index contributed by atoms with van der Waals surface area (Å²) < 4.78 is 0. The van der Waals surface area contributed by atoms with Crippen LogP contribution in [-0.4, -0.2) is 12.6 Å². The monoisotopic (exact) mass is 288 g/mol. The zero-order valence-corrected chi connectivity index (χ0v) is 12.0. The van der Waals surface area contributed by atoms with Crippen molar-refractivity contribution in [3.05, 3.63) is 65.2 Å². The van der Waals surface area contributed by atoms with Gasteiger partial charge in [0.2, 0.25) is 0 Å². The van der Waals surface area contributed by atoms with Crippen LogP contribution in [0.15, 0.2) is 54.6 Å². The van der Waals surface area contributed by atoms with E-state index in [2.05, 4.69) is 29.7 Å². The minimum atomic E-state index is -0.249. The van der Waals surface area contributed by atoms with Crippen molar-refractivity contribution in [3.63, 3.8) is 0 Å². The second-order valence-corrected chi connectivity index (χ2v) is 5.03. The van der Waals surface area contributed by atoms with Crippen molar-refractivity contribution >= 4 is 23.3 Å². The predicted molar refractivity (Wildman–Crippen MR) is 83.3 cm³/mol. The summed E-state index contributed by atoms with van der Waals surface area (Å²) in [6.45, 7) is 2.64. The first-order valence-corrected chi connectivity index (χ1v) is 6.89. The number of urea groups is 1. The van der Waals surface area contributed by atoms with E-state index in [1.807, 2.05) is 30.3 Å². The van der Waals surface area contributed by atoms with Crippen molar-refractivity contribution in [2.45, 2.75) is 12.8 Å². The molecular formula is C16H17ClN2O. The SMILES string of the molecule is C[C@H](CNC(=O)Nc1ccccc1Cl)c1ccccc1. The number of rotatable bonds is 4. The fourth-order valence-corrected chi connectivity index (χ4v) is 2.06. The van der Waals surface area contributed by atoms with Gasteiger partial charge in [-0.15, -0.1) is 0 Å². The van der Waals surface area contributed by atoms with E-state index in [1.54, 1.807) is 12.1 Å². The molecule has 2 aromatic carbocycles. The van der Waals surface area contributed by atoms with Crippen molar-refractivity contribution in [2.75, 3.05) is 11.9 Å². The Morgan fingerprint density at radius 2 is 1.75 bits per heavy atom. The molecule has 0 aromatic heterocycles. The summed E-state index contributed by atoms with van der Waals surface area (Å²) in [7, 11) is 0. The number of amides is 2. The van der Waals surface area contributed by atoms with Crippen LogP contribution in [0.3, 0.4) is 0 Å². The third-order valence-corrected chi connectivity index (χ3v) is 3.39. The average Bonchev–Trinajstić information content (AvgIpc) is 2.48. The smallest absolute Gasteiger partial charge is 0.319 e. The number of hydrogen-bond donors (Lipinski definition) is 2. The van der Waals surface area contributed by atoms with Gasteiger partial charge in [-0.05, 0) is 23.6 Å². The molecule has 20 heavy (non-hydrogen) atoms. The molecule has 3 nitrogen and oxygen atoms in total. The third kappa shape index (κ3) is 4.00. The molecule has 0 fully saturated rings. The summed E-state index contributed by atoms with van der Waals surface area (Å²) in [4.78, 5) is 11.8. The molecule has 4 heteroatoms. The van der Waals surface area contributed by atoms with Gasteiger partial charge in [-0.3, -0.25) is 0 Å². The predicted octanol–water partition coefficient (Wildman–Crippen LogP) is 4.27. The van der Waals surface area contributed by atoms with Crippen LogP contribution in [0.2, 0.25) is 5.02 Å². The van der Waals surface area contributed by atoms with Crippen LogP contribution < -0.4 is 10.6 Å². The van der Waals surface area contributed by atoms with Crippen LogP contribution in [0.4, 0.5) is 10.5 Å². The first kappa shape index (κ1) is 14.4. The maximum atomic E-state index is 11.8. The second kappa shape index (κ2) is 6.96. The summed E-state index contributed by atoms with van der Waals surface area (Å²) >= 11 is 5.98. The van der Waals surface area contributed by atoms with E-state index in [4.69, 9.17) is 11.6 Å². The molecule has 0 heterocycles. The molecule has 2 N–H and O–H groups in total. The second-order valence-electron chi connectivity index (χ2n) is 4.63. The van der Waals surface area contributed by atoms with Gasteiger partial charge >= 0.3 is 6.03 Å². The van der Waals surface area contributed by atoms with Gasteiger partial charge in [-0.1, -0.05) is 61.0 Å². The average molecular weight is 289 g/mol. The molecular weight excluding hydrogens is 272 g/mol. The summed E-state index contributed by atoms with van der Waals surface area (Å²) in [5, 5.41) is 6.11. The molecule has 0 aliphatic rings. The van der Waals surface area contributed by atoms with E-state index >= 15 is 0 Å². The lowest BCUT2D eigenvalue weighted by Crippen LogP contribution is -2.31. The minimum absolute atomic E-state index is 0.249. The van der Waals surface area contributed by atoms with Crippen LogP contribution in [0.25, 0.3) is 0 Å². The highest BCUT2D eigenvalue weighted by atomic mass is 35.5. The molecule has 0 saturated heterocycles. The lowest BCUT2D eigenvalue weighted by molar-refractivity contribution is 0.251. The van der Waals surface area contributed by atoms with Crippen molar-refractivity contribution in [2.24, 2.45) is 0 Å². The highest BCUT2D eigenvalue weighted by molar-refractivity contribution is 6.33. The zero-order chi connectivity index (χ0) is 14.4. The Balaban J connectivity index is 1.85. The van der Waals surface area contributed by atoms with Crippen molar-refractivity contribution in [1.29, 1.82) is 0 Å². The first-order chi connectivity index (χ1) is 9.66. The first-order valence-electron chi connectivity index (χ1n) is 6.51. The molecule has 0 aliphatic carbocycles. The van der Waals surface area contributed by atoms with Gasteiger partial charge in [0.15, 0.2) is 0 Å². The molecule has 2 amide bonds. The number of anilines is 1. The van der Waals surface area contributed by atoms with Gasteiger partial charge in [0, 0.05) is 6.54 Å². The Morgan fingerprint density at radius 3 is 2.45 bits per heavy atom. The topological polar surface area (TPSA) is 41.1 Å². The number of carbonyl (C=O) groups excluding carboxylic acids is 1. The van der Waals surface area contributed by atoms with E-state index in [9.17, 15) is 4.79 Å². The van der Waals surface area contributed by atoms with Gasteiger partial charge in [0.25, 0.3) is 0 Å². The Bertz CT molecular complexity index is 572. The largest absolute Gasteiger partial charge is 0.337 e. The number of carbonyl (C=O) groups is 1. The molecule has 0 aliphatic heterocycles. The Morgan fingerprint density at radius 1 is 1.10 bits per heavy atom. The van der Waals surface area contributed by atoms with Gasteiger partial charge < -0.3 is 10.6 Å². The van der Waals surface area contributed by atoms with Crippen molar-refractivity contribution < 1.29 is 4.79 Å². The van der Waals surface area contributed by atoms with Crippen LogP contribution in [-0.2, 0) is 0 Å². The molecule has 0 spiro atoms. The van der Waals surface area contributed by atoms with Gasteiger partial charge in [0.05, 0.1) is 10.7 Å². The van der Waals surface area contributed by atoms with Crippen LogP contribution in [0.1, 0.15) is 18.4 Å². The summed E-state index contributed by atoms with van der Waals surface area (Å²) in [6.07, 6.45) is 0. The Kier molecular flexibility index (Phi) is 5.02. The molecule has 2 aromatic rings. The lowest BCUT2D eigenvalue weighted by Gasteiger charge is -2.14. The highest BCUT2D eigenvalue weighted by Crippen LogP contribution is 2.20. The third-order valence-electron chi connectivity index (χ3n) is 3.06. The molecule has 0 unspecified atom stereocenters. The van der Waals surface area contributed by atoms with E-state index in [0.717, 1.165) is 0 Å². The number of para-hydroxylation sites is 1. The maximum absolute atomic E-state index is 11.8. The molecule has 0 saturated carbocycles. The Hall–Kier alpha value is -2.00. The molecule has 2 rings (SSSR count). The lowest BCUT2D eigenvalue weighted by atomic mass is 10.0. The van der Waals surface area contributed by atoms with E-state index in [-0.39, 0.29) is 11.9 Å². The minimum Gasteiger partial charge on any atom is -0.337 e. The fourth-order valence-electron chi connectivity index (χ4n) is 1.87. The van der Waals surface area contributed by atoms with Crippen molar-refractivity contribution in [1.82, 2.24) is 5.32 Å². The van der Waals surface area contributed by atoms with E-state index in [1.165, 1.54) is 5.56 Å². The van der Waals surface area contributed by atoms with Gasteiger partial charge in [-0.2, -0.15) is 0 Å². The van der Waals surface area contributed by atoms with Crippen LogP contribution in [0, 0.1) is 0 Å². The van der Waals surface area contributed by atoms with Gasteiger partial charge in [0.1, 0.15) is 0 Å². The molecule has 104 valence electrons. The zero-order valence-electron chi connectivity index (χ0n) is 11.3. The van der Waals surface area contributed by atoms with Gasteiger partial charge in [-0.25, -0.2) is 4.79 Å². The summed E-state index contributed by atoms with van der Waals surface area (Å²) in [5.41, 5.74) is 1.81. The number of nitrogens with one attached hydrogen (secondary N) is 2. The molecule has 0 radical (unpaired) electrons.